The second kappa shape index (κ2) is 13.3. The zero-order valence-electron chi connectivity index (χ0n) is 16.8. The number of nitrogens with zero attached hydrogens (tertiary/aromatic N) is 1. The molecule has 0 aromatic heterocycles. The molecule has 1 aromatic carbocycles. The predicted octanol–water partition coefficient (Wildman–Crippen LogP) is 6.42. The fourth-order valence-electron chi connectivity index (χ4n) is 2.50. The van der Waals surface area contributed by atoms with E-state index < -0.39 is 0 Å². The number of rotatable bonds is 13. The molecule has 0 saturated heterocycles. The number of anilines is 1. The summed E-state index contributed by atoms with van der Waals surface area (Å²) in [6.07, 6.45) is 1.27. The first-order valence-corrected chi connectivity index (χ1v) is 13.0. The Bertz CT molecular complexity index is 439. The van der Waals surface area contributed by atoms with E-state index in [1.54, 1.807) is 0 Å². The molecule has 4 heteroatoms. The van der Waals surface area contributed by atoms with E-state index >= 15 is 0 Å². The predicted molar refractivity (Wildman–Crippen MR) is 125 cm³/mol. The highest BCUT2D eigenvalue weighted by Crippen LogP contribution is 2.25. The molecule has 0 unspecified atom stereocenters. The zero-order chi connectivity index (χ0) is 18.5. The Balaban J connectivity index is 2.57. The summed E-state index contributed by atoms with van der Waals surface area (Å²) >= 11 is 6.23. The van der Waals surface area contributed by atoms with Crippen LogP contribution in [0.2, 0.25) is 0 Å². The minimum Gasteiger partial charge on any atom is -0.370 e. The van der Waals surface area contributed by atoms with Gasteiger partial charge in [0.15, 0.2) is 0 Å². The highest BCUT2D eigenvalue weighted by atomic mass is 32.2. The summed E-state index contributed by atoms with van der Waals surface area (Å²) in [6.45, 7) is 13.7. The van der Waals surface area contributed by atoms with Crippen molar-refractivity contribution >= 4 is 41.0 Å². The van der Waals surface area contributed by atoms with Gasteiger partial charge in [0, 0.05) is 41.8 Å². The van der Waals surface area contributed by atoms with E-state index in [1.165, 1.54) is 52.2 Å². The van der Waals surface area contributed by atoms with Crippen molar-refractivity contribution in [2.45, 2.75) is 46.5 Å². The van der Waals surface area contributed by atoms with Gasteiger partial charge in [-0.2, -0.15) is 35.3 Å². The van der Waals surface area contributed by atoms with Crippen LogP contribution in [0.5, 0.6) is 0 Å². The number of hydrogen-bond acceptors (Lipinski definition) is 4. The number of benzene rings is 1. The van der Waals surface area contributed by atoms with Crippen molar-refractivity contribution in [1.82, 2.24) is 0 Å². The van der Waals surface area contributed by atoms with Crippen molar-refractivity contribution in [2.24, 2.45) is 0 Å². The first-order chi connectivity index (χ1) is 12.0. The van der Waals surface area contributed by atoms with E-state index in [2.05, 4.69) is 87.3 Å². The largest absolute Gasteiger partial charge is 0.370 e. The molecule has 0 saturated carbocycles. The maximum absolute atomic E-state index is 2.58. The molecule has 0 heterocycles. The Kier molecular flexibility index (Phi) is 12.3. The lowest BCUT2D eigenvalue weighted by atomic mass is 9.87. The molecule has 0 aliphatic carbocycles. The van der Waals surface area contributed by atoms with Gasteiger partial charge in [-0.25, -0.2) is 0 Å². The van der Waals surface area contributed by atoms with Crippen molar-refractivity contribution in [2.75, 3.05) is 52.5 Å². The summed E-state index contributed by atoms with van der Waals surface area (Å²) < 4.78 is 0. The Labute approximate surface area is 169 Å². The van der Waals surface area contributed by atoms with Crippen LogP contribution in [0.3, 0.4) is 0 Å². The molecule has 0 atom stereocenters. The maximum atomic E-state index is 2.58. The van der Waals surface area contributed by atoms with Gasteiger partial charge in [0.2, 0.25) is 0 Å². The van der Waals surface area contributed by atoms with E-state index in [1.807, 2.05) is 11.8 Å². The SMILES string of the molecule is CCCSCCN(CCSCCSCC)c1ccc(C(C)(C)C)cc1. The van der Waals surface area contributed by atoms with Crippen molar-refractivity contribution in [1.29, 1.82) is 0 Å². The monoisotopic (exact) mass is 399 g/mol. The molecular formula is C21H37NS3. The van der Waals surface area contributed by atoms with Crippen LogP contribution in [0.15, 0.2) is 24.3 Å². The molecule has 1 aromatic rings. The molecule has 0 N–H and O–H groups in total. The van der Waals surface area contributed by atoms with Gasteiger partial charge in [-0.3, -0.25) is 0 Å². The van der Waals surface area contributed by atoms with Crippen molar-refractivity contribution in [3.8, 4) is 0 Å². The fourth-order valence-corrected chi connectivity index (χ4v) is 5.13. The topological polar surface area (TPSA) is 3.24 Å². The van der Waals surface area contributed by atoms with Crippen LogP contribution in [-0.2, 0) is 5.41 Å². The average Bonchev–Trinajstić information content (AvgIpc) is 2.59. The fraction of sp³-hybridized carbons (Fsp3) is 0.714. The van der Waals surface area contributed by atoms with E-state index in [9.17, 15) is 0 Å². The molecule has 0 aliphatic rings. The van der Waals surface area contributed by atoms with Gasteiger partial charge in [-0.15, -0.1) is 0 Å². The van der Waals surface area contributed by atoms with E-state index in [-0.39, 0.29) is 5.41 Å². The van der Waals surface area contributed by atoms with Gasteiger partial charge >= 0.3 is 0 Å². The number of thioether (sulfide) groups is 3. The molecule has 25 heavy (non-hydrogen) atoms. The first kappa shape index (κ1) is 23.1. The molecule has 0 fully saturated rings. The molecule has 1 rings (SSSR count). The minimum atomic E-state index is 0.229. The molecule has 0 radical (unpaired) electrons. The van der Waals surface area contributed by atoms with Gasteiger partial charge in [-0.05, 0) is 41.0 Å². The Morgan fingerprint density at radius 1 is 0.760 bits per heavy atom. The van der Waals surface area contributed by atoms with E-state index in [0.29, 0.717) is 0 Å². The van der Waals surface area contributed by atoms with Crippen molar-refractivity contribution in [3.63, 3.8) is 0 Å². The molecule has 0 amide bonds. The molecular weight excluding hydrogens is 362 g/mol. The zero-order valence-corrected chi connectivity index (χ0v) is 19.3. The van der Waals surface area contributed by atoms with Crippen LogP contribution in [0.25, 0.3) is 0 Å². The quantitative estimate of drug-likeness (QED) is 0.352. The molecule has 0 bridgehead atoms. The third-order valence-corrected chi connectivity index (χ3v) is 7.33. The third-order valence-electron chi connectivity index (χ3n) is 4.03. The molecule has 1 nitrogen and oxygen atoms in total. The standard InChI is InChI=1S/C21H37NS3/c1-6-14-24-15-12-22(13-16-25-18-17-23-7-2)20-10-8-19(9-11-20)21(3,4)5/h8-11H,6-7,12-18H2,1-5H3. The van der Waals surface area contributed by atoms with Gasteiger partial charge < -0.3 is 4.90 Å². The summed E-state index contributed by atoms with van der Waals surface area (Å²) in [4.78, 5) is 2.58. The van der Waals surface area contributed by atoms with Crippen molar-refractivity contribution < 1.29 is 0 Å². The van der Waals surface area contributed by atoms with Gasteiger partial charge in [-0.1, -0.05) is 46.8 Å². The Hall–Kier alpha value is 0.0700. The normalized spacial score (nSPS) is 11.7. The van der Waals surface area contributed by atoms with Crippen LogP contribution in [0.4, 0.5) is 5.69 Å². The lowest BCUT2D eigenvalue weighted by molar-refractivity contribution is 0.590. The molecule has 0 aliphatic heterocycles. The van der Waals surface area contributed by atoms with Crippen LogP contribution >= 0.6 is 35.3 Å². The van der Waals surface area contributed by atoms with Gasteiger partial charge in [0.25, 0.3) is 0 Å². The highest BCUT2D eigenvalue weighted by Gasteiger charge is 2.14. The van der Waals surface area contributed by atoms with Gasteiger partial charge in [0.05, 0.1) is 0 Å². The summed E-state index contributed by atoms with van der Waals surface area (Å²) in [5.41, 5.74) is 3.03. The first-order valence-electron chi connectivity index (χ1n) is 9.57. The lowest BCUT2D eigenvalue weighted by Crippen LogP contribution is -2.28. The smallest absolute Gasteiger partial charge is 0.0366 e. The average molecular weight is 400 g/mol. The summed E-state index contributed by atoms with van der Waals surface area (Å²) in [5.74, 6) is 7.53. The maximum Gasteiger partial charge on any atom is 0.0366 e. The van der Waals surface area contributed by atoms with Crippen LogP contribution in [0.1, 0.15) is 46.6 Å². The second-order valence-corrected chi connectivity index (χ2v) is 11.0. The van der Waals surface area contributed by atoms with Crippen LogP contribution in [-0.4, -0.2) is 47.6 Å². The Morgan fingerprint density at radius 3 is 1.84 bits per heavy atom. The molecule has 0 spiro atoms. The third kappa shape index (κ3) is 10.1. The van der Waals surface area contributed by atoms with Crippen LogP contribution < -0.4 is 4.90 Å². The minimum absolute atomic E-state index is 0.229. The summed E-state index contributed by atoms with van der Waals surface area (Å²) in [5, 5.41) is 0. The Morgan fingerprint density at radius 2 is 1.32 bits per heavy atom. The van der Waals surface area contributed by atoms with Gasteiger partial charge in [0.1, 0.15) is 0 Å². The number of hydrogen-bond donors (Lipinski definition) is 0. The lowest BCUT2D eigenvalue weighted by Gasteiger charge is -2.26. The second-order valence-electron chi connectivity index (χ2n) is 7.21. The summed E-state index contributed by atoms with van der Waals surface area (Å²) in [6, 6.07) is 9.27. The van der Waals surface area contributed by atoms with E-state index in [0.717, 1.165) is 13.1 Å². The van der Waals surface area contributed by atoms with Crippen molar-refractivity contribution in [3.05, 3.63) is 29.8 Å². The molecule has 144 valence electrons. The van der Waals surface area contributed by atoms with E-state index in [4.69, 9.17) is 0 Å². The highest BCUT2D eigenvalue weighted by molar-refractivity contribution is 8.02. The summed E-state index contributed by atoms with van der Waals surface area (Å²) in [7, 11) is 0. The van der Waals surface area contributed by atoms with Crippen LogP contribution in [0, 0.1) is 0 Å².